The molecule has 5 heterocycles. The molecule has 10 atom stereocenters. The molecule has 0 aromatic carbocycles. The van der Waals surface area contributed by atoms with E-state index in [-0.39, 0.29) is 13.2 Å². The Hall–Kier alpha value is -1.68. The van der Waals surface area contributed by atoms with Crippen molar-refractivity contribution in [3.63, 3.8) is 0 Å². The van der Waals surface area contributed by atoms with Crippen LogP contribution in [-0.4, -0.2) is 87.0 Å². The van der Waals surface area contributed by atoms with Crippen molar-refractivity contribution in [2.75, 3.05) is 19.8 Å². The fraction of sp³-hybridized carbons (Fsp3) is 0.565. The molecule has 3 aliphatic rings. The number of hydrogen-bond donors (Lipinski definition) is 4. The van der Waals surface area contributed by atoms with Crippen molar-refractivity contribution in [3.05, 3.63) is 60.2 Å². The van der Waals surface area contributed by atoms with Gasteiger partial charge in [0.05, 0.1) is 32.0 Å². The highest BCUT2D eigenvalue weighted by atomic mass is 31.2. The molecule has 3 fully saturated rings. The summed E-state index contributed by atoms with van der Waals surface area (Å²) in [6, 6.07) is 6.73. The zero-order chi connectivity index (χ0) is 28.3. The number of nitrogens with zero attached hydrogens (tertiary/aromatic N) is 2. The summed E-state index contributed by atoms with van der Waals surface area (Å²) < 4.78 is 63.9. The van der Waals surface area contributed by atoms with Crippen molar-refractivity contribution in [2.24, 2.45) is 0 Å². The first-order valence-electron chi connectivity index (χ1n) is 12.5. The fourth-order valence-electron chi connectivity index (χ4n) is 4.42. The molecule has 220 valence electrons. The van der Waals surface area contributed by atoms with E-state index >= 15 is 0 Å². The number of rotatable bonds is 8. The Morgan fingerprint density at radius 3 is 1.93 bits per heavy atom. The molecule has 0 unspecified atom stereocenters. The third kappa shape index (κ3) is 6.85. The second-order valence-electron chi connectivity index (χ2n) is 9.30. The molecular weight excluding hydrogens is 574 g/mol. The largest absolute Gasteiger partial charge is 0.477 e. The first kappa shape index (κ1) is 29.8. The van der Waals surface area contributed by atoms with Crippen LogP contribution in [0.15, 0.2) is 49.1 Å². The number of aliphatic hydroxyl groups is 4. The molecule has 0 aliphatic carbocycles. The summed E-state index contributed by atoms with van der Waals surface area (Å²) in [5.41, 5.74) is 1.38. The van der Waals surface area contributed by atoms with Crippen LogP contribution in [0.1, 0.15) is 36.2 Å². The summed E-state index contributed by atoms with van der Waals surface area (Å²) in [6.45, 7) is -0.667. The standard InChI is InChI=1S/C23H30N2O13P2/c26-16(13-34-39(30)32-11-5-17(36-39)14-1-7-24-8-2-14)22-20(28)19(27)21(29)23(35-22)38-40(31)33-12-6-18(37-40)15-3-9-25-10-4-15/h1-4,7-10,16-23,26-29H,5-6,11-13H2/t16-,17+,18-,19+,20+,21+,22-,23-,39-,40-/m1/s1. The number of aliphatic hydroxyl groups excluding tert-OH is 4. The van der Waals surface area contributed by atoms with Gasteiger partial charge < -0.3 is 25.2 Å². The maximum Gasteiger partial charge on any atom is 0.477 e. The van der Waals surface area contributed by atoms with Crippen molar-refractivity contribution in [2.45, 2.75) is 61.9 Å². The molecule has 0 bridgehead atoms. The molecule has 40 heavy (non-hydrogen) atoms. The first-order valence-corrected chi connectivity index (χ1v) is 15.4. The second kappa shape index (κ2) is 12.7. The van der Waals surface area contributed by atoms with Gasteiger partial charge in [0, 0.05) is 37.6 Å². The topological polar surface area (TPSA) is 205 Å². The van der Waals surface area contributed by atoms with Crippen LogP contribution >= 0.6 is 15.6 Å². The Balaban J connectivity index is 1.21. The van der Waals surface area contributed by atoms with Gasteiger partial charge in [-0.3, -0.25) is 37.1 Å². The van der Waals surface area contributed by atoms with Gasteiger partial charge in [0.2, 0.25) is 0 Å². The van der Waals surface area contributed by atoms with Gasteiger partial charge in [0.1, 0.15) is 30.5 Å². The van der Waals surface area contributed by atoms with Crippen molar-refractivity contribution in [3.8, 4) is 0 Å². The average molecular weight is 604 g/mol. The normalized spacial score (nSPS) is 39.5. The number of hydrogen-bond acceptors (Lipinski definition) is 15. The Kier molecular flexibility index (Phi) is 9.44. The van der Waals surface area contributed by atoms with Crippen LogP contribution < -0.4 is 0 Å². The Morgan fingerprint density at radius 2 is 1.35 bits per heavy atom. The lowest BCUT2D eigenvalue weighted by Crippen LogP contribution is -2.61. The van der Waals surface area contributed by atoms with Gasteiger partial charge in [-0.25, -0.2) is 9.13 Å². The van der Waals surface area contributed by atoms with E-state index in [0.717, 1.165) is 0 Å². The highest BCUT2D eigenvalue weighted by molar-refractivity contribution is 7.48. The highest BCUT2D eigenvalue weighted by Crippen LogP contribution is 2.59. The molecule has 15 nitrogen and oxygen atoms in total. The summed E-state index contributed by atoms with van der Waals surface area (Å²) in [6.07, 6.45) is -5.12. The lowest BCUT2D eigenvalue weighted by molar-refractivity contribution is -0.294. The van der Waals surface area contributed by atoms with Crippen molar-refractivity contribution >= 4 is 15.6 Å². The van der Waals surface area contributed by atoms with Gasteiger partial charge in [-0.1, -0.05) is 0 Å². The minimum absolute atomic E-state index is 0.00602. The molecule has 5 rings (SSSR count). The van der Waals surface area contributed by atoms with E-state index in [1.807, 2.05) is 0 Å². The quantitative estimate of drug-likeness (QED) is 0.316. The highest BCUT2D eigenvalue weighted by Gasteiger charge is 2.51. The molecule has 4 N–H and O–H groups in total. The molecule has 3 aliphatic heterocycles. The smallest absolute Gasteiger partial charge is 0.388 e. The third-order valence-corrected chi connectivity index (χ3v) is 9.50. The van der Waals surface area contributed by atoms with Gasteiger partial charge >= 0.3 is 15.6 Å². The number of pyridine rings is 2. The Bertz CT molecular complexity index is 1210. The van der Waals surface area contributed by atoms with E-state index in [0.29, 0.717) is 24.0 Å². The number of aromatic nitrogens is 2. The summed E-state index contributed by atoms with van der Waals surface area (Å²) in [5.74, 6) is 0. The SMILES string of the molecule is O=[P@]1(OC[C@@H](O)[C@H]2O[C@H](O[P@]3(=O)OCC[C@H](c4ccncc4)O3)[C@@H](O)[C@@H](O)[C@@H]2O)OCC[C@@H](c2ccncc2)O1. The Morgan fingerprint density at radius 1 is 0.825 bits per heavy atom. The van der Waals surface area contributed by atoms with Gasteiger partial charge in [0.25, 0.3) is 0 Å². The number of phosphoric ester groups is 2. The summed E-state index contributed by atoms with van der Waals surface area (Å²) in [4.78, 5) is 7.86. The van der Waals surface area contributed by atoms with Crippen LogP contribution in [0.3, 0.4) is 0 Å². The molecule has 0 amide bonds. The zero-order valence-corrected chi connectivity index (χ0v) is 22.8. The predicted molar refractivity (Wildman–Crippen MR) is 132 cm³/mol. The molecule has 0 spiro atoms. The van der Waals surface area contributed by atoms with Gasteiger partial charge in [-0.15, -0.1) is 0 Å². The van der Waals surface area contributed by atoms with Crippen LogP contribution in [0.2, 0.25) is 0 Å². The van der Waals surface area contributed by atoms with Crippen LogP contribution in [-0.2, 0) is 41.0 Å². The molecule has 0 radical (unpaired) electrons. The molecule has 0 saturated carbocycles. The summed E-state index contributed by atoms with van der Waals surface area (Å²) >= 11 is 0. The minimum atomic E-state index is -4.33. The Labute approximate surface area is 229 Å². The van der Waals surface area contributed by atoms with Crippen LogP contribution in [0, 0.1) is 0 Å². The van der Waals surface area contributed by atoms with Crippen molar-refractivity contribution < 1.29 is 61.4 Å². The van der Waals surface area contributed by atoms with Gasteiger partial charge in [0.15, 0.2) is 6.29 Å². The summed E-state index contributed by atoms with van der Waals surface area (Å²) in [7, 11) is -8.46. The summed E-state index contributed by atoms with van der Waals surface area (Å²) in [5, 5.41) is 42.0. The van der Waals surface area contributed by atoms with E-state index < -0.39 is 71.3 Å². The van der Waals surface area contributed by atoms with E-state index in [4.69, 9.17) is 31.9 Å². The average Bonchev–Trinajstić information content (AvgIpc) is 2.97. The molecule has 2 aromatic heterocycles. The molecule has 3 saturated heterocycles. The lowest BCUT2D eigenvalue weighted by atomic mass is 9.96. The zero-order valence-electron chi connectivity index (χ0n) is 21.0. The van der Waals surface area contributed by atoms with E-state index in [9.17, 15) is 29.6 Å². The number of ether oxygens (including phenoxy) is 1. The first-order chi connectivity index (χ1) is 19.2. The van der Waals surface area contributed by atoms with E-state index in [1.165, 1.54) is 12.4 Å². The number of phosphoric acid groups is 2. The van der Waals surface area contributed by atoms with E-state index in [1.54, 1.807) is 36.7 Å². The second-order valence-corrected chi connectivity index (χ2v) is 12.5. The molecular formula is C23H30N2O13P2. The van der Waals surface area contributed by atoms with Crippen LogP contribution in [0.25, 0.3) is 0 Å². The fourth-order valence-corrected chi connectivity index (χ4v) is 7.29. The van der Waals surface area contributed by atoms with Crippen molar-refractivity contribution in [1.82, 2.24) is 9.97 Å². The van der Waals surface area contributed by atoms with Crippen molar-refractivity contribution in [1.29, 1.82) is 0 Å². The van der Waals surface area contributed by atoms with Crippen LogP contribution in [0.4, 0.5) is 0 Å². The van der Waals surface area contributed by atoms with Gasteiger partial charge in [-0.05, 0) is 35.4 Å². The predicted octanol–water partition coefficient (Wildman–Crippen LogP) is 1.55. The maximum absolute atomic E-state index is 13.2. The van der Waals surface area contributed by atoms with Gasteiger partial charge in [-0.2, -0.15) is 0 Å². The van der Waals surface area contributed by atoms with E-state index in [2.05, 4.69) is 9.97 Å². The molecule has 17 heteroatoms. The van der Waals surface area contributed by atoms with Crippen LogP contribution in [0.5, 0.6) is 0 Å². The minimum Gasteiger partial charge on any atom is -0.388 e. The monoisotopic (exact) mass is 604 g/mol. The lowest BCUT2D eigenvalue weighted by Gasteiger charge is -2.43. The maximum atomic E-state index is 13.2. The third-order valence-electron chi connectivity index (χ3n) is 6.55. The molecule has 2 aromatic rings.